The second kappa shape index (κ2) is 4.77. The maximum atomic E-state index is 13.0. The number of alkyl halides is 2. The van der Waals surface area contributed by atoms with Gasteiger partial charge in [0.1, 0.15) is 19.1 Å². The van der Waals surface area contributed by atoms with Crippen molar-refractivity contribution in [1.82, 2.24) is 0 Å². The van der Waals surface area contributed by atoms with Gasteiger partial charge in [0.05, 0.1) is 11.5 Å². The number of hydrogen-bond acceptors (Lipinski definition) is 2. The Labute approximate surface area is 76.0 Å². The van der Waals surface area contributed by atoms with Crippen molar-refractivity contribution < 1.29 is 13.9 Å². The van der Waals surface area contributed by atoms with Gasteiger partial charge in [-0.15, -0.1) is 11.6 Å². The van der Waals surface area contributed by atoms with E-state index in [9.17, 15) is 9.18 Å². The van der Waals surface area contributed by atoms with E-state index >= 15 is 0 Å². The number of carbonyl (C=O) groups excluding carboxylic acids is 1. The normalized spacial score (nSPS) is 36.3. The lowest BCUT2D eigenvalue weighted by atomic mass is 9.95. The molecule has 0 radical (unpaired) electrons. The lowest BCUT2D eigenvalue weighted by Crippen LogP contribution is -2.31. The minimum absolute atomic E-state index is 0.0599. The number of halogens is 2. The van der Waals surface area contributed by atoms with E-state index in [0.717, 1.165) is 6.42 Å². The van der Waals surface area contributed by atoms with Crippen molar-refractivity contribution in [3.8, 4) is 0 Å². The Bertz CT molecular complexity index is 154. The highest BCUT2D eigenvalue weighted by Gasteiger charge is 2.29. The van der Waals surface area contributed by atoms with Gasteiger partial charge >= 0.3 is 0 Å². The van der Waals surface area contributed by atoms with Gasteiger partial charge in [0, 0.05) is 6.42 Å². The van der Waals surface area contributed by atoms with Crippen molar-refractivity contribution >= 4 is 17.9 Å². The molecule has 4 heteroatoms. The number of carbonyl (C=O) groups is 1. The molecule has 1 aliphatic carbocycles. The number of aldehydes is 1. The van der Waals surface area contributed by atoms with Gasteiger partial charge < -0.3 is 9.53 Å². The average molecular weight is 195 g/mol. The zero-order chi connectivity index (χ0) is 8.97. The van der Waals surface area contributed by atoms with Crippen LogP contribution in [0.1, 0.15) is 19.3 Å². The van der Waals surface area contributed by atoms with E-state index in [0.29, 0.717) is 19.1 Å². The third-order valence-electron chi connectivity index (χ3n) is 2.04. The average Bonchev–Trinajstić information content (AvgIpc) is 2.07. The van der Waals surface area contributed by atoms with Gasteiger partial charge in [-0.25, -0.2) is 4.39 Å². The summed E-state index contributed by atoms with van der Waals surface area (Å²) in [5.74, 6) is 0. The molecule has 2 nitrogen and oxygen atoms in total. The molecule has 3 atom stereocenters. The van der Waals surface area contributed by atoms with Crippen LogP contribution in [0.25, 0.3) is 0 Å². The lowest BCUT2D eigenvalue weighted by molar-refractivity contribution is -0.114. The summed E-state index contributed by atoms with van der Waals surface area (Å²) in [4.78, 5) is 9.95. The Morgan fingerprint density at radius 3 is 2.92 bits per heavy atom. The van der Waals surface area contributed by atoms with Crippen LogP contribution in [-0.4, -0.2) is 30.5 Å². The monoisotopic (exact) mass is 194 g/mol. The Morgan fingerprint density at radius 2 is 2.33 bits per heavy atom. The quantitative estimate of drug-likeness (QED) is 0.505. The summed E-state index contributed by atoms with van der Waals surface area (Å²) < 4.78 is 18.0. The highest BCUT2D eigenvalue weighted by atomic mass is 35.5. The second-order valence-electron chi connectivity index (χ2n) is 2.97. The summed E-state index contributed by atoms with van der Waals surface area (Å²) in [6.45, 7) is 0.0599. The van der Waals surface area contributed by atoms with E-state index in [1.54, 1.807) is 0 Å². The predicted octanol–water partition coefficient (Wildman–Crippen LogP) is 1.70. The van der Waals surface area contributed by atoms with Crippen molar-refractivity contribution in [1.29, 1.82) is 0 Å². The van der Waals surface area contributed by atoms with E-state index in [2.05, 4.69) is 0 Å². The van der Waals surface area contributed by atoms with Crippen molar-refractivity contribution in [2.75, 3.05) is 6.61 Å². The largest absolute Gasteiger partial charge is 0.371 e. The first kappa shape index (κ1) is 9.93. The first-order valence-corrected chi connectivity index (χ1v) is 4.51. The summed E-state index contributed by atoms with van der Waals surface area (Å²) in [5, 5.41) is -0.374. The minimum Gasteiger partial charge on any atom is -0.371 e. The fourth-order valence-electron chi connectivity index (χ4n) is 1.37. The molecule has 70 valence electrons. The maximum Gasteiger partial charge on any atom is 0.145 e. The Kier molecular flexibility index (Phi) is 3.95. The molecule has 1 fully saturated rings. The molecule has 12 heavy (non-hydrogen) atoms. The first-order valence-electron chi connectivity index (χ1n) is 4.07. The van der Waals surface area contributed by atoms with Crippen LogP contribution in [0, 0.1) is 0 Å². The van der Waals surface area contributed by atoms with Gasteiger partial charge in [-0.05, 0) is 12.8 Å². The van der Waals surface area contributed by atoms with Crippen molar-refractivity contribution in [2.45, 2.75) is 36.9 Å². The molecule has 0 heterocycles. The second-order valence-corrected chi connectivity index (χ2v) is 3.53. The van der Waals surface area contributed by atoms with Crippen LogP contribution < -0.4 is 0 Å². The molecule has 0 aromatic rings. The van der Waals surface area contributed by atoms with Gasteiger partial charge in [0.15, 0.2) is 0 Å². The molecule has 0 aliphatic heterocycles. The zero-order valence-corrected chi connectivity index (χ0v) is 7.47. The molecule has 3 unspecified atom stereocenters. The van der Waals surface area contributed by atoms with Crippen molar-refractivity contribution in [3.63, 3.8) is 0 Å². The molecule has 1 saturated carbocycles. The van der Waals surface area contributed by atoms with Gasteiger partial charge in [0.25, 0.3) is 0 Å². The Morgan fingerprint density at radius 1 is 1.58 bits per heavy atom. The molecule has 0 bridgehead atoms. The van der Waals surface area contributed by atoms with Gasteiger partial charge in [0.2, 0.25) is 0 Å². The smallest absolute Gasteiger partial charge is 0.145 e. The van der Waals surface area contributed by atoms with Crippen LogP contribution in [0.2, 0.25) is 0 Å². The lowest BCUT2D eigenvalue weighted by Gasteiger charge is -2.27. The minimum atomic E-state index is -0.989. The first-order chi connectivity index (χ1) is 5.74. The molecule has 1 rings (SSSR count). The van der Waals surface area contributed by atoms with E-state index in [4.69, 9.17) is 16.3 Å². The van der Waals surface area contributed by atoms with Gasteiger partial charge in [-0.2, -0.15) is 0 Å². The zero-order valence-electron chi connectivity index (χ0n) is 6.71. The van der Waals surface area contributed by atoms with Crippen LogP contribution in [-0.2, 0) is 9.53 Å². The topological polar surface area (TPSA) is 26.3 Å². The number of hydrogen-bond donors (Lipinski definition) is 0. The van der Waals surface area contributed by atoms with Crippen LogP contribution in [0.4, 0.5) is 4.39 Å². The molecule has 0 saturated heterocycles. The molecular formula is C8H12ClFO2. The summed E-state index contributed by atoms with van der Waals surface area (Å²) in [5.41, 5.74) is 0. The fourth-order valence-corrected chi connectivity index (χ4v) is 1.60. The van der Waals surface area contributed by atoms with E-state index in [1.165, 1.54) is 0 Å². The van der Waals surface area contributed by atoms with Crippen molar-refractivity contribution in [2.24, 2.45) is 0 Å². The number of ether oxygens (including phenoxy) is 1. The predicted molar refractivity (Wildman–Crippen MR) is 44.2 cm³/mol. The van der Waals surface area contributed by atoms with Crippen LogP contribution in [0.3, 0.4) is 0 Å². The SMILES string of the molecule is O=CCOC1CCC(Cl)C(F)C1. The molecule has 0 aromatic carbocycles. The molecule has 0 N–H and O–H groups in total. The standard InChI is InChI=1S/C8H12ClFO2/c9-7-2-1-6(5-8(7)10)12-4-3-11/h3,6-8H,1-2,4-5H2. The third kappa shape index (κ3) is 2.72. The van der Waals surface area contributed by atoms with Crippen LogP contribution >= 0.6 is 11.6 Å². The summed E-state index contributed by atoms with van der Waals surface area (Å²) in [6.07, 6.45) is 1.27. The fraction of sp³-hybridized carbons (Fsp3) is 0.875. The Balaban J connectivity index is 2.25. The third-order valence-corrected chi connectivity index (χ3v) is 2.54. The maximum absolute atomic E-state index is 13.0. The van der Waals surface area contributed by atoms with E-state index in [-0.39, 0.29) is 18.1 Å². The molecule has 0 amide bonds. The van der Waals surface area contributed by atoms with Gasteiger partial charge in [-0.1, -0.05) is 0 Å². The van der Waals surface area contributed by atoms with Crippen LogP contribution in [0.5, 0.6) is 0 Å². The summed E-state index contributed by atoms with van der Waals surface area (Å²) in [6, 6.07) is 0. The summed E-state index contributed by atoms with van der Waals surface area (Å²) >= 11 is 5.67. The molecular weight excluding hydrogens is 183 g/mol. The highest BCUT2D eigenvalue weighted by Crippen LogP contribution is 2.27. The molecule has 0 spiro atoms. The van der Waals surface area contributed by atoms with Gasteiger partial charge in [-0.3, -0.25) is 0 Å². The van der Waals surface area contributed by atoms with E-state index < -0.39 is 6.17 Å². The Hall–Kier alpha value is -0.150. The van der Waals surface area contributed by atoms with Crippen molar-refractivity contribution in [3.05, 3.63) is 0 Å². The summed E-state index contributed by atoms with van der Waals surface area (Å²) in [7, 11) is 0. The highest BCUT2D eigenvalue weighted by molar-refractivity contribution is 6.21. The van der Waals surface area contributed by atoms with E-state index in [1.807, 2.05) is 0 Å². The number of rotatable bonds is 3. The molecule has 1 aliphatic rings. The van der Waals surface area contributed by atoms with Crippen LogP contribution in [0.15, 0.2) is 0 Å². The molecule has 0 aromatic heterocycles.